The number of rotatable bonds is 5. The molecule has 6 nitrogen and oxygen atoms in total. The highest BCUT2D eigenvalue weighted by molar-refractivity contribution is 7.00. The number of halogens is 2. The second-order valence-electron chi connectivity index (χ2n) is 4.57. The van der Waals surface area contributed by atoms with Crippen LogP contribution in [0.25, 0.3) is 0 Å². The molecule has 2 aliphatic heterocycles. The van der Waals surface area contributed by atoms with Crippen LogP contribution >= 0.6 is 23.2 Å². The maximum atomic E-state index is 5.85. The summed E-state index contributed by atoms with van der Waals surface area (Å²) >= 11 is 11.7. The van der Waals surface area contributed by atoms with Crippen LogP contribution in [0.15, 0.2) is 10.3 Å². The maximum Gasteiger partial charge on any atom is 0.226 e. The lowest BCUT2D eigenvalue weighted by Crippen LogP contribution is -2.22. The van der Waals surface area contributed by atoms with Crippen LogP contribution in [0.2, 0.25) is 0 Å². The van der Waals surface area contributed by atoms with Gasteiger partial charge in [-0.15, -0.1) is 0 Å². The second-order valence-corrected chi connectivity index (χ2v) is 5.28. The average molecular weight is 325 g/mol. The van der Waals surface area contributed by atoms with Crippen molar-refractivity contribution in [2.75, 3.05) is 13.2 Å². The zero-order valence-electron chi connectivity index (χ0n) is 11.1. The molecule has 0 aromatic heterocycles. The third-order valence-electron chi connectivity index (χ3n) is 2.95. The van der Waals surface area contributed by atoms with E-state index in [1.807, 2.05) is 0 Å². The summed E-state index contributed by atoms with van der Waals surface area (Å²) in [6.07, 6.45) is 4.99. The van der Waals surface area contributed by atoms with Crippen molar-refractivity contribution in [1.82, 2.24) is 0 Å². The standard InChI is InChI=1S/C12H18Cl2N2O4/c13-11(15-19-9-5-1-3-7-17-9)12(14)16-20-10-6-2-4-8-18-10/h9-10H,1-8H2/b15-11-,16-12-. The number of oxime groups is 2. The predicted octanol–water partition coefficient (Wildman–Crippen LogP) is 3.18. The molecule has 2 aliphatic rings. The Kier molecular flexibility index (Phi) is 6.86. The Balaban J connectivity index is 1.75. The summed E-state index contributed by atoms with van der Waals surface area (Å²) in [5, 5.41) is 7.22. The number of nitrogens with zero attached hydrogens (tertiary/aromatic N) is 2. The Morgan fingerprint density at radius 3 is 1.60 bits per heavy atom. The van der Waals surface area contributed by atoms with Crippen molar-refractivity contribution in [3.05, 3.63) is 0 Å². The van der Waals surface area contributed by atoms with Crippen LogP contribution in [0, 0.1) is 0 Å². The lowest BCUT2D eigenvalue weighted by molar-refractivity contribution is -0.163. The summed E-state index contributed by atoms with van der Waals surface area (Å²) in [6, 6.07) is 0. The molecule has 0 aliphatic carbocycles. The predicted molar refractivity (Wildman–Crippen MR) is 75.9 cm³/mol. The summed E-state index contributed by atoms with van der Waals surface area (Å²) in [5.41, 5.74) is 0. The monoisotopic (exact) mass is 324 g/mol. The van der Waals surface area contributed by atoms with Crippen molar-refractivity contribution >= 4 is 33.5 Å². The van der Waals surface area contributed by atoms with Crippen LogP contribution < -0.4 is 0 Å². The molecule has 2 unspecified atom stereocenters. The van der Waals surface area contributed by atoms with Crippen molar-refractivity contribution in [1.29, 1.82) is 0 Å². The average Bonchev–Trinajstić information content (AvgIpc) is 2.52. The number of hydrogen-bond donors (Lipinski definition) is 0. The highest BCUT2D eigenvalue weighted by Crippen LogP contribution is 2.16. The smallest absolute Gasteiger partial charge is 0.226 e. The fourth-order valence-electron chi connectivity index (χ4n) is 1.87. The van der Waals surface area contributed by atoms with E-state index in [2.05, 4.69) is 10.3 Å². The SMILES string of the molecule is ClC(=N\OC1CCCCO1)/C(Cl)=N/OC1CCCCO1. The molecule has 2 heterocycles. The number of hydrogen-bond acceptors (Lipinski definition) is 6. The Morgan fingerprint density at radius 1 is 0.800 bits per heavy atom. The molecule has 0 amide bonds. The van der Waals surface area contributed by atoms with Gasteiger partial charge in [-0.1, -0.05) is 33.5 Å². The summed E-state index contributed by atoms with van der Waals surface area (Å²) in [6.45, 7) is 1.34. The molecule has 0 radical (unpaired) electrons. The van der Waals surface area contributed by atoms with Gasteiger partial charge in [0, 0.05) is 12.8 Å². The highest BCUT2D eigenvalue weighted by Gasteiger charge is 2.17. The molecule has 2 rings (SSSR count). The van der Waals surface area contributed by atoms with E-state index < -0.39 is 0 Å². The molecule has 2 fully saturated rings. The zero-order chi connectivity index (χ0) is 14.2. The molecule has 0 spiro atoms. The largest absolute Gasteiger partial charge is 0.362 e. The van der Waals surface area contributed by atoms with Crippen LogP contribution in [0.4, 0.5) is 0 Å². The molecule has 0 aromatic carbocycles. The van der Waals surface area contributed by atoms with Crippen LogP contribution in [0.1, 0.15) is 38.5 Å². The Morgan fingerprint density at radius 2 is 1.25 bits per heavy atom. The summed E-state index contributed by atoms with van der Waals surface area (Å²) in [4.78, 5) is 10.3. The number of ether oxygens (including phenoxy) is 2. The van der Waals surface area contributed by atoms with E-state index in [1.165, 1.54) is 0 Å². The van der Waals surface area contributed by atoms with Crippen LogP contribution in [-0.4, -0.2) is 36.1 Å². The van der Waals surface area contributed by atoms with Gasteiger partial charge < -0.3 is 19.1 Å². The molecule has 2 atom stereocenters. The molecule has 20 heavy (non-hydrogen) atoms. The van der Waals surface area contributed by atoms with E-state index >= 15 is 0 Å². The minimum absolute atomic E-state index is 0.0725. The maximum absolute atomic E-state index is 5.85. The second kappa shape index (κ2) is 8.67. The third kappa shape index (κ3) is 5.44. The third-order valence-corrected chi connectivity index (χ3v) is 3.54. The van der Waals surface area contributed by atoms with Gasteiger partial charge in [-0.3, -0.25) is 0 Å². The van der Waals surface area contributed by atoms with Gasteiger partial charge in [0.05, 0.1) is 13.2 Å². The Bertz CT molecular complexity index is 319. The van der Waals surface area contributed by atoms with Gasteiger partial charge in [0.25, 0.3) is 0 Å². The summed E-state index contributed by atoms with van der Waals surface area (Å²) in [7, 11) is 0. The molecule has 114 valence electrons. The lowest BCUT2D eigenvalue weighted by Gasteiger charge is -2.20. The fraction of sp³-hybridized carbons (Fsp3) is 0.833. The molecule has 0 saturated carbocycles. The normalized spacial score (nSPS) is 29.1. The molecule has 8 heteroatoms. The van der Waals surface area contributed by atoms with Crippen molar-refractivity contribution < 1.29 is 19.1 Å². The van der Waals surface area contributed by atoms with E-state index in [-0.39, 0.29) is 22.9 Å². The highest BCUT2D eigenvalue weighted by atomic mass is 35.5. The van der Waals surface area contributed by atoms with E-state index in [0.717, 1.165) is 38.5 Å². The van der Waals surface area contributed by atoms with Gasteiger partial charge in [-0.2, -0.15) is 0 Å². The van der Waals surface area contributed by atoms with E-state index in [4.69, 9.17) is 42.4 Å². The first kappa shape index (κ1) is 15.8. The van der Waals surface area contributed by atoms with E-state index in [0.29, 0.717) is 13.2 Å². The van der Waals surface area contributed by atoms with Crippen LogP contribution in [-0.2, 0) is 19.1 Å². The Labute approximate surface area is 128 Å². The van der Waals surface area contributed by atoms with Crippen LogP contribution in [0.5, 0.6) is 0 Å². The molecular formula is C12H18Cl2N2O4. The van der Waals surface area contributed by atoms with Gasteiger partial charge in [0.1, 0.15) is 0 Å². The van der Waals surface area contributed by atoms with Gasteiger partial charge >= 0.3 is 0 Å². The van der Waals surface area contributed by atoms with E-state index in [9.17, 15) is 0 Å². The molecule has 0 N–H and O–H groups in total. The lowest BCUT2D eigenvalue weighted by atomic mass is 10.2. The first-order chi connectivity index (χ1) is 9.75. The molecule has 2 saturated heterocycles. The van der Waals surface area contributed by atoms with Gasteiger partial charge in [0.15, 0.2) is 0 Å². The van der Waals surface area contributed by atoms with Gasteiger partial charge in [0.2, 0.25) is 22.9 Å². The topological polar surface area (TPSA) is 61.6 Å². The summed E-state index contributed by atoms with van der Waals surface area (Å²) < 4.78 is 10.7. The first-order valence-corrected chi connectivity index (χ1v) is 7.53. The van der Waals surface area contributed by atoms with Crippen molar-refractivity contribution in [2.45, 2.75) is 51.1 Å². The zero-order valence-corrected chi connectivity index (χ0v) is 12.6. The van der Waals surface area contributed by atoms with Gasteiger partial charge in [-0.05, 0) is 25.7 Å². The fourth-order valence-corrected chi connectivity index (χ4v) is 2.02. The van der Waals surface area contributed by atoms with Crippen molar-refractivity contribution in [3.63, 3.8) is 0 Å². The van der Waals surface area contributed by atoms with Crippen molar-refractivity contribution in [3.8, 4) is 0 Å². The summed E-state index contributed by atoms with van der Waals surface area (Å²) in [5.74, 6) is 0. The molecule has 0 bridgehead atoms. The van der Waals surface area contributed by atoms with E-state index in [1.54, 1.807) is 0 Å². The van der Waals surface area contributed by atoms with Crippen LogP contribution in [0.3, 0.4) is 0 Å². The van der Waals surface area contributed by atoms with Crippen molar-refractivity contribution in [2.24, 2.45) is 10.3 Å². The quantitative estimate of drug-likeness (QED) is 0.575. The minimum Gasteiger partial charge on any atom is -0.362 e. The minimum atomic E-state index is -0.371. The van der Waals surface area contributed by atoms with Gasteiger partial charge in [-0.25, -0.2) is 0 Å². The Hall–Kier alpha value is -0.560. The molecule has 0 aromatic rings. The first-order valence-electron chi connectivity index (χ1n) is 6.78. The molecular weight excluding hydrogens is 307 g/mol.